The van der Waals surface area contributed by atoms with Crippen molar-refractivity contribution in [2.75, 3.05) is 5.32 Å². The minimum absolute atomic E-state index is 0.149. The summed E-state index contributed by atoms with van der Waals surface area (Å²) in [5.74, 6) is -2.65. The third kappa shape index (κ3) is 5.10. The van der Waals surface area contributed by atoms with E-state index in [9.17, 15) is 23.7 Å². The smallest absolute Gasteiger partial charge is 0.412 e. The summed E-state index contributed by atoms with van der Waals surface area (Å²) in [7, 11) is 0. The molecule has 0 unspecified atom stereocenters. The highest BCUT2D eigenvalue weighted by Gasteiger charge is 2.19. The molecule has 138 valence electrons. The van der Waals surface area contributed by atoms with E-state index in [4.69, 9.17) is 9.47 Å². The Bertz CT molecular complexity index is 835. The Morgan fingerprint density at radius 2 is 1.92 bits per heavy atom. The number of carbonyl (C=O) groups is 1. The summed E-state index contributed by atoms with van der Waals surface area (Å²) in [6.07, 6.45) is -0.00111. The van der Waals surface area contributed by atoms with Gasteiger partial charge in [0, 0.05) is 24.3 Å². The van der Waals surface area contributed by atoms with E-state index in [1.807, 2.05) is 0 Å². The fourth-order valence-electron chi connectivity index (χ4n) is 1.77. The number of benzene rings is 1. The van der Waals surface area contributed by atoms with Gasteiger partial charge in [-0.1, -0.05) is 0 Å². The van der Waals surface area contributed by atoms with Crippen LogP contribution in [0, 0.1) is 21.7 Å². The summed E-state index contributed by atoms with van der Waals surface area (Å²) < 4.78 is 37.9. The number of ether oxygens (including phenoxy) is 2. The van der Waals surface area contributed by atoms with Crippen molar-refractivity contribution in [2.45, 2.75) is 26.4 Å². The van der Waals surface area contributed by atoms with Crippen molar-refractivity contribution in [3.63, 3.8) is 0 Å². The van der Waals surface area contributed by atoms with Crippen LogP contribution in [-0.4, -0.2) is 21.6 Å². The molecule has 0 radical (unpaired) electrons. The Balaban J connectivity index is 2.21. The second-order valence-corrected chi connectivity index (χ2v) is 6.10. The van der Waals surface area contributed by atoms with Crippen LogP contribution in [0.1, 0.15) is 20.8 Å². The summed E-state index contributed by atoms with van der Waals surface area (Å²) >= 11 is 0. The van der Waals surface area contributed by atoms with E-state index < -0.39 is 34.0 Å². The molecule has 8 nitrogen and oxygen atoms in total. The van der Waals surface area contributed by atoms with Gasteiger partial charge in [-0.05, 0) is 20.8 Å². The molecule has 1 N–H and O–H groups in total. The fraction of sp³-hybridized carbons (Fsp3) is 0.250. The summed E-state index contributed by atoms with van der Waals surface area (Å²) in [6, 6.07) is 3.70. The monoisotopic (exact) mass is 367 g/mol. The molecule has 10 heteroatoms. The first-order chi connectivity index (χ1) is 12.0. The maximum Gasteiger partial charge on any atom is 0.412 e. The number of amides is 1. The van der Waals surface area contributed by atoms with E-state index in [0.717, 1.165) is 24.4 Å². The summed E-state index contributed by atoms with van der Waals surface area (Å²) in [5, 5.41) is 12.7. The Kier molecular flexibility index (Phi) is 5.34. The van der Waals surface area contributed by atoms with Gasteiger partial charge in [-0.15, -0.1) is 0 Å². The number of carbonyl (C=O) groups excluding carboxylic acids is 1. The first-order valence-electron chi connectivity index (χ1n) is 7.32. The summed E-state index contributed by atoms with van der Waals surface area (Å²) in [5.41, 5.74) is -1.44. The van der Waals surface area contributed by atoms with E-state index in [1.165, 1.54) is 0 Å². The molecule has 0 aliphatic rings. The number of aromatic nitrogens is 1. The van der Waals surface area contributed by atoms with Crippen LogP contribution in [0.2, 0.25) is 0 Å². The molecule has 1 aromatic heterocycles. The lowest BCUT2D eigenvalue weighted by Crippen LogP contribution is -2.27. The third-order valence-corrected chi connectivity index (χ3v) is 2.80. The lowest BCUT2D eigenvalue weighted by molar-refractivity contribution is -0.385. The second-order valence-electron chi connectivity index (χ2n) is 6.10. The van der Waals surface area contributed by atoms with Crippen molar-refractivity contribution in [1.82, 2.24) is 4.98 Å². The number of hydrogen-bond donors (Lipinski definition) is 1. The fourth-order valence-corrected chi connectivity index (χ4v) is 1.77. The first kappa shape index (κ1) is 19.0. The van der Waals surface area contributed by atoms with Gasteiger partial charge in [0.25, 0.3) is 5.69 Å². The first-order valence-corrected chi connectivity index (χ1v) is 7.32. The number of hydrogen-bond acceptors (Lipinski definition) is 6. The van der Waals surface area contributed by atoms with E-state index in [-0.39, 0.29) is 17.3 Å². The predicted octanol–water partition coefficient (Wildman–Crippen LogP) is 4.41. The van der Waals surface area contributed by atoms with Gasteiger partial charge in [0.2, 0.25) is 5.88 Å². The molecule has 0 spiro atoms. The SMILES string of the molecule is CC(C)(C)OC(=O)Nc1cc(Oc2ccc([N+](=O)[O-])cn2)c(F)cc1F. The Hall–Kier alpha value is -3.30. The highest BCUT2D eigenvalue weighted by molar-refractivity contribution is 5.85. The van der Waals surface area contributed by atoms with Crippen LogP contribution in [-0.2, 0) is 4.74 Å². The van der Waals surface area contributed by atoms with Crippen molar-refractivity contribution in [3.05, 3.63) is 52.2 Å². The predicted molar refractivity (Wildman–Crippen MR) is 87.2 cm³/mol. The molecule has 0 aliphatic heterocycles. The molecule has 0 aliphatic carbocycles. The molecule has 0 atom stereocenters. The Morgan fingerprint density at radius 1 is 1.23 bits per heavy atom. The van der Waals surface area contributed by atoms with Gasteiger partial charge in [0.1, 0.15) is 17.6 Å². The van der Waals surface area contributed by atoms with Gasteiger partial charge in [0.05, 0.1) is 10.6 Å². The van der Waals surface area contributed by atoms with E-state index in [0.29, 0.717) is 6.07 Å². The zero-order valence-corrected chi connectivity index (χ0v) is 14.1. The lowest BCUT2D eigenvalue weighted by Gasteiger charge is -2.20. The number of nitro groups is 1. The summed E-state index contributed by atoms with van der Waals surface area (Å²) in [6.45, 7) is 4.88. The van der Waals surface area contributed by atoms with Crippen LogP contribution in [0.15, 0.2) is 30.5 Å². The van der Waals surface area contributed by atoms with Crippen LogP contribution in [0.3, 0.4) is 0 Å². The van der Waals surface area contributed by atoms with Gasteiger partial charge in [-0.3, -0.25) is 15.4 Å². The minimum Gasteiger partial charge on any atom is -0.444 e. The van der Waals surface area contributed by atoms with Gasteiger partial charge in [-0.2, -0.15) is 0 Å². The molecule has 0 fully saturated rings. The lowest BCUT2D eigenvalue weighted by atomic mass is 10.2. The van der Waals surface area contributed by atoms with E-state index in [2.05, 4.69) is 10.3 Å². The number of anilines is 1. The molecule has 2 aromatic rings. The molecule has 1 amide bonds. The quantitative estimate of drug-likeness (QED) is 0.634. The topological polar surface area (TPSA) is 104 Å². The van der Waals surface area contributed by atoms with E-state index >= 15 is 0 Å². The Morgan fingerprint density at radius 3 is 2.46 bits per heavy atom. The molecular formula is C16H15F2N3O5. The molecular weight excluding hydrogens is 352 g/mol. The van der Waals surface area contributed by atoms with Crippen LogP contribution in [0.25, 0.3) is 0 Å². The zero-order chi connectivity index (χ0) is 19.5. The molecule has 1 aromatic carbocycles. The van der Waals surface area contributed by atoms with Crippen LogP contribution in [0.5, 0.6) is 11.6 Å². The maximum atomic E-state index is 13.9. The van der Waals surface area contributed by atoms with Crippen molar-refractivity contribution >= 4 is 17.5 Å². The highest BCUT2D eigenvalue weighted by Crippen LogP contribution is 2.29. The Labute approximate surface area is 146 Å². The number of halogens is 2. The number of nitrogens with one attached hydrogen (secondary N) is 1. The summed E-state index contributed by atoms with van der Waals surface area (Å²) in [4.78, 5) is 25.3. The maximum absolute atomic E-state index is 13.9. The molecule has 0 saturated heterocycles. The van der Waals surface area contributed by atoms with Crippen LogP contribution < -0.4 is 10.1 Å². The van der Waals surface area contributed by atoms with Crippen LogP contribution >= 0.6 is 0 Å². The molecule has 0 bridgehead atoms. The number of nitrogens with zero attached hydrogens (tertiary/aromatic N) is 2. The van der Waals surface area contributed by atoms with Gasteiger partial charge >= 0.3 is 6.09 Å². The normalized spacial score (nSPS) is 11.0. The van der Waals surface area contributed by atoms with Crippen LogP contribution in [0.4, 0.5) is 25.0 Å². The largest absolute Gasteiger partial charge is 0.444 e. The average molecular weight is 367 g/mol. The molecule has 0 saturated carbocycles. The van der Waals surface area contributed by atoms with Crippen molar-refractivity contribution in [2.24, 2.45) is 0 Å². The molecule has 2 rings (SSSR count). The van der Waals surface area contributed by atoms with Crippen molar-refractivity contribution < 1.29 is 28.0 Å². The molecule has 26 heavy (non-hydrogen) atoms. The van der Waals surface area contributed by atoms with Crippen molar-refractivity contribution in [1.29, 1.82) is 0 Å². The molecule has 1 heterocycles. The van der Waals surface area contributed by atoms with Gasteiger partial charge < -0.3 is 9.47 Å². The minimum atomic E-state index is -1.04. The van der Waals surface area contributed by atoms with Gasteiger partial charge in [-0.25, -0.2) is 18.6 Å². The van der Waals surface area contributed by atoms with Crippen molar-refractivity contribution in [3.8, 4) is 11.6 Å². The number of pyridine rings is 1. The zero-order valence-electron chi connectivity index (χ0n) is 14.1. The second kappa shape index (κ2) is 7.30. The average Bonchev–Trinajstić information content (AvgIpc) is 2.50. The van der Waals surface area contributed by atoms with Gasteiger partial charge in [0.15, 0.2) is 11.6 Å². The number of rotatable bonds is 4. The highest BCUT2D eigenvalue weighted by atomic mass is 19.1. The third-order valence-electron chi connectivity index (χ3n) is 2.80. The van der Waals surface area contributed by atoms with E-state index in [1.54, 1.807) is 20.8 Å². The standard InChI is InChI=1S/C16H15F2N3O5/c1-16(2,3)26-15(22)20-12-7-13(11(18)6-10(12)17)25-14-5-4-9(8-19-14)21(23)24/h4-8H,1-3H3,(H,20,22).